The summed E-state index contributed by atoms with van der Waals surface area (Å²) < 4.78 is 37.9. The molecule has 1 aromatic carbocycles. The van der Waals surface area contributed by atoms with Crippen molar-refractivity contribution in [1.82, 2.24) is 10.6 Å². The Balaban J connectivity index is 2.57. The normalized spacial score (nSPS) is 13.9. The number of hydrogen-bond acceptors (Lipinski definition) is 2. The smallest absolute Gasteiger partial charge is 0.355 e. The molecule has 1 rings (SSSR count). The van der Waals surface area contributed by atoms with Crippen LogP contribution in [0.5, 0.6) is 0 Å². The van der Waals surface area contributed by atoms with Crippen LogP contribution in [-0.4, -0.2) is 31.1 Å². The highest BCUT2D eigenvalue weighted by atomic mass is 32.2. The van der Waals surface area contributed by atoms with E-state index in [9.17, 15) is 13.2 Å². The molecule has 3 nitrogen and oxygen atoms in total. The largest absolute Gasteiger partial charge is 0.416 e. The Morgan fingerprint density at radius 1 is 1.33 bits per heavy atom. The lowest BCUT2D eigenvalue weighted by Gasteiger charge is -2.15. The van der Waals surface area contributed by atoms with Gasteiger partial charge in [0, 0.05) is 25.4 Å². The van der Waals surface area contributed by atoms with Crippen LogP contribution < -0.4 is 10.6 Å². The Morgan fingerprint density at radius 3 is 2.62 bits per heavy atom. The molecular formula is C14H20F3N3S. The fourth-order valence-corrected chi connectivity index (χ4v) is 1.84. The number of nitrogens with one attached hydrogen (secondary N) is 2. The maximum atomic E-state index is 12.6. The molecule has 0 fully saturated rings. The third kappa shape index (κ3) is 6.29. The summed E-state index contributed by atoms with van der Waals surface area (Å²) in [6.45, 7) is 3.11. The Labute approximate surface area is 127 Å². The number of benzene rings is 1. The summed E-state index contributed by atoms with van der Waals surface area (Å²) in [5.74, 6) is 0.577. The minimum atomic E-state index is -4.32. The van der Waals surface area contributed by atoms with Gasteiger partial charge in [-0.3, -0.25) is 4.99 Å². The molecule has 0 saturated carbocycles. The van der Waals surface area contributed by atoms with Crippen molar-refractivity contribution >= 4 is 17.7 Å². The molecule has 7 heteroatoms. The molecule has 1 atom stereocenters. The lowest BCUT2D eigenvalue weighted by molar-refractivity contribution is -0.137. The van der Waals surface area contributed by atoms with Gasteiger partial charge >= 0.3 is 6.18 Å². The van der Waals surface area contributed by atoms with Crippen molar-refractivity contribution in [3.05, 3.63) is 35.4 Å². The van der Waals surface area contributed by atoms with E-state index in [-0.39, 0.29) is 6.54 Å². The summed E-state index contributed by atoms with van der Waals surface area (Å²) >= 11 is 1.73. The molecule has 0 spiro atoms. The van der Waals surface area contributed by atoms with Crippen molar-refractivity contribution in [3.8, 4) is 0 Å². The van der Waals surface area contributed by atoms with Gasteiger partial charge in [-0.15, -0.1) is 0 Å². The first-order valence-electron chi connectivity index (χ1n) is 6.50. The number of guanidine groups is 1. The third-order valence-corrected chi connectivity index (χ3v) is 3.87. The number of nitrogens with zero attached hydrogens (tertiary/aromatic N) is 1. The first-order chi connectivity index (χ1) is 9.86. The van der Waals surface area contributed by atoms with Crippen LogP contribution in [-0.2, 0) is 12.7 Å². The second-order valence-electron chi connectivity index (χ2n) is 4.55. The molecule has 0 aliphatic carbocycles. The van der Waals surface area contributed by atoms with Crippen molar-refractivity contribution < 1.29 is 13.2 Å². The second-order valence-corrected chi connectivity index (χ2v) is 5.83. The van der Waals surface area contributed by atoms with E-state index in [1.54, 1.807) is 24.9 Å². The van der Waals surface area contributed by atoms with Crippen molar-refractivity contribution in [3.63, 3.8) is 0 Å². The molecular weight excluding hydrogens is 299 g/mol. The van der Waals surface area contributed by atoms with E-state index < -0.39 is 11.7 Å². The molecule has 1 aromatic rings. The fraction of sp³-hybridized carbons (Fsp3) is 0.500. The number of rotatable bonds is 5. The van der Waals surface area contributed by atoms with Gasteiger partial charge in [0.05, 0.1) is 5.56 Å². The molecule has 1 unspecified atom stereocenters. The highest BCUT2D eigenvalue weighted by Crippen LogP contribution is 2.29. The van der Waals surface area contributed by atoms with Crippen molar-refractivity contribution in [2.24, 2.45) is 4.99 Å². The Morgan fingerprint density at radius 2 is 2.05 bits per heavy atom. The minimum Gasteiger partial charge on any atom is -0.355 e. The van der Waals surface area contributed by atoms with Gasteiger partial charge in [0.25, 0.3) is 0 Å². The number of thioether (sulfide) groups is 1. The SMILES string of the molecule is CN=C(NCc1cccc(C(F)(F)F)c1)NCC(C)SC. The first kappa shape index (κ1) is 17.7. The standard InChI is InChI=1S/C14H20F3N3S/c1-10(21-3)8-19-13(18-2)20-9-11-5-4-6-12(7-11)14(15,16)17/h4-7,10H,8-9H2,1-3H3,(H2,18,19,20). The van der Waals surface area contributed by atoms with Gasteiger partial charge in [-0.05, 0) is 24.0 Å². The lowest BCUT2D eigenvalue weighted by Crippen LogP contribution is -2.39. The summed E-state index contributed by atoms with van der Waals surface area (Å²) in [6.07, 6.45) is -2.30. The average molecular weight is 319 g/mol. The average Bonchev–Trinajstić information content (AvgIpc) is 2.46. The van der Waals surface area contributed by atoms with E-state index >= 15 is 0 Å². The summed E-state index contributed by atoms with van der Waals surface area (Å²) in [5, 5.41) is 6.57. The molecule has 0 bridgehead atoms. The van der Waals surface area contributed by atoms with E-state index in [1.807, 2.05) is 6.26 Å². The molecule has 2 N–H and O–H groups in total. The number of alkyl halides is 3. The molecule has 0 aliphatic heterocycles. The van der Waals surface area contributed by atoms with Gasteiger partial charge in [0.15, 0.2) is 5.96 Å². The molecule has 118 valence electrons. The van der Waals surface area contributed by atoms with E-state index in [0.717, 1.165) is 18.7 Å². The Hall–Kier alpha value is -1.37. The molecule has 0 aromatic heterocycles. The van der Waals surface area contributed by atoms with Crippen molar-refractivity contribution in [1.29, 1.82) is 0 Å². The zero-order valence-electron chi connectivity index (χ0n) is 12.3. The second kappa shape index (κ2) is 8.17. The molecule has 21 heavy (non-hydrogen) atoms. The van der Waals surface area contributed by atoms with Gasteiger partial charge in [0.1, 0.15) is 0 Å². The highest BCUT2D eigenvalue weighted by molar-refractivity contribution is 7.99. The third-order valence-electron chi connectivity index (χ3n) is 2.90. The van der Waals surface area contributed by atoms with E-state index in [4.69, 9.17) is 0 Å². The van der Waals surface area contributed by atoms with Gasteiger partial charge < -0.3 is 10.6 Å². The zero-order valence-corrected chi connectivity index (χ0v) is 13.1. The van der Waals surface area contributed by atoms with Crippen LogP contribution in [0.3, 0.4) is 0 Å². The van der Waals surface area contributed by atoms with Gasteiger partial charge in [-0.2, -0.15) is 24.9 Å². The van der Waals surface area contributed by atoms with Crippen LogP contribution in [0.4, 0.5) is 13.2 Å². The summed E-state index contributed by atoms with van der Waals surface area (Å²) in [6, 6.07) is 5.27. The van der Waals surface area contributed by atoms with Gasteiger partial charge in [-0.1, -0.05) is 19.1 Å². The Kier molecular flexibility index (Phi) is 6.87. The number of aliphatic imine (C=N–C) groups is 1. The van der Waals surface area contributed by atoms with E-state index in [2.05, 4.69) is 22.5 Å². The minimum absolute atomic E-state index is 0.289. The van der Waals surface area contributed by atoms with Crippen LogP contribution in [0.1, 0.15) is 18.1 Å². The first-order valence-corrected chi connectivity index (χ1v) is 7.79. The summed E-state index contributed by atoms with van der Waals surface area (Å²) in [5.41, 5.74) is -0.0774. The maximum absolute atomic E-state index is 12.6. The molecule has 0 aliphatic rings. The fourth-order valence-electron chi connectivity index (χ4n) is 1.59. The van der Waals surface area contributed by atoms with Gasteiger partial charge in [0.2, 0.25) is 0 Å². The van der Waals surface area contributed by atoms with Crippen LogP contribution in [0.15, 0.2) is 29.3 Å². The van der Waals surface area contributed by atoms with Crippen LogP contribution in [0.2, 0.25) is 0 Å². The molecule has 0 heterocycles. The lowest BCUT2D eigenvalue weighted by atomic mass is 10.1. The topological polar surface area (TPSA) is 36.4 Å². The Bertz CT molecular complexity index is 475. The maximum Gasteiger partial charge on any atom is 0.416 e. The summed E-state index contributed by atoms with van der Waals surface area (Å²) in [4.78, 5) is 4.04. The number of halogens is 3. The molecule has 0 saturated heterocycles. The predicted octanol–water partition coefficient (Wildman–Crippen LogP) is 3.12. The van der Waals surface area contributed by atoms with E-state index in [0.29, 0.717) is 16.8 Å². The molecule has 0 radical (unpaired) electrons. The van der Waals surface area contributed by atoms with Gasteiger partial charge in [-0.25, -0.2) is 0 Å². The highest BCUT2D eigenvalue weighted by Gasteiger charge is 2.30. The van der Waals surface area contributed by atoms with Crippen LogP contribution in [0.25, 0.3) is 0 Å². The van der Waals surface area contributed by atoms with Crippen molar-refractivity contribution in [2.45, 2.75) is 24.9 Å². The molecule has 0 amide bonds. The summed E-state index contributed by atoms with van der Waals surface area (Å²) in [7, 11) is 1.63. The van der Waals surface area contributed by atoms with Crippen LogP contribution in [0, 0.1) is 0 Å². The number of hydrogen-bond donors (Lipinski definition) is 2. The quantitative estimate of drug-likeness (QED) is 0.647. The van der Waals surface area contributed by atoms with E-state index in [1.165, 1.54) is 6.07 Å². The van der Waals surface area contributed by atoms with Crippen molar-refractivity contribution in [2.75, 3.05) is 19.8 Å². The predicted molar refractivity (Wildman–Crippen MR) is 82.6 cm³/mol. The zero-order chi connectivity index (χ0) is 15.9. The monoisotopic (exact) mass is 319 g/mol. The van der Waals surface area contributed by atoms with Crippen LogP contribution >= 0.6 is 11.8 Å².